The Morgan fingerprint density at radius 1 is 0.850 bits per heavy atom. The van der Waals surface area contributed by atoms with E-state index in [1.165, 1.54) is 16.3 Å². The third-order valence-electron chi connectivity index (χ3n) is 3.55. The number of hydrogen-bond acceptors (Lipinski definition) is 2. The fourth-order valence-electron chi connectivity index (χ4n) is 2.53. The zero-order valence-corrected chi connectivity index (χ0v) is 11.0. The van der Waals surface area contributed by atoms with Gasteiger partial charge in [-0.2, -0.15) is 10.2 Å². The van der Waals surface area contributed by atoms with Crippen molar-refractivity contribution in [2.75, 3.05) is 0 Å². The van der Waals surface area contributed by atoms with Crippen LogP contribution in [0.5, 0.6) is 0 Å². The zero-order chi connectivity index (χ0) is 13.4. The number of nitrogens with zero attached hydrogens (tertiary/aromatic N) is 4. The Hall–Kier alpha value is -2.62. The van der Waals surface area contributed by atoms with Crippen LogP contribution in [0.2, 0.25) is 0 Å². The molecule has 0 aliphatic heterocycles. The summed E-state index contributed by atoms with van der Waals surface area (Å²) >= 11 is 0. The molecule has 2 aromatic carbocycles. The van der Waals surface area contributed by atoms with E-state index >= 15 is 0 Å². The molecule has 0 aliphatic carbocycles. The highest BCUT2D eigenvalue weighted by Gasteiger charge is 2.03. The van der Waals surface area contributed by atoms with Crippen molar-refractivity contribution in [2.45, 2.75) is 13.1 Å². The Bertz CT molecular complexity index is 839. The van der Waals surface area contributed by atoms with Crippen molar-refractivity contribution in [1.82, 2.24) is 19.6 Å². The van der Waals surface area contributed by atoms with Gasteiger partial charge in [0.2, 0.25) is 0 Å². The van der Waals surface area contributed by atoms with Gasteiger partial charge in [-0.1, -0.05) is 36.4 Å². The lowest BCUT2D eigenvalue weighted by atomic mass is 10.2. The van der Waals surface area contributed by atoms with Gasteiger partial charge in [-0.05, 0) is 12.1 Å². The van der Waals surface area contributed by atoms with Crippen molar-refractivity contribution < 1.29 is 0 Å². The van der Waals surface area contributed by atoms with Crippen LogP contribution in [-0.4, -0.2) is 19.6 Å². The first-order valence-corrected chi connectivity index (χ1v) is 6.73. The van der Waals surface area contributed by atoms with Crippen LogP contribution in [0.1, 0.15) is 0 Å². The number of rotatable bonds is 3. The highest BCUT2D eigenvalue weighted by atomic mass is 15.3. The smallest absolute Gasteiger partial charge is 0.0923 e. The lowest BCUT2D eigenvalue weighted by molar-refractivity contribution is 0.513. The van der Waals surface area contributed by atoms with Crippen LogP contribution in [0.25, 0.3) is 21.8 Å². The molecule has 4 rings (SSSR count). The number of hydrogen-bond donors (Lipinski definition) is 0. The van der Waals surface area contributed by atoms with E-state index in [0.717, 1.165) is 18.6 Å². The molecule has 0 N–H and O–H groups in total. The molecule has 0 atom stereocenters. The van der Waals surface area contributed by atoms with Gasteiger partial charge in [0.15, 0.2) is 0 Å². The van der Waals surface area contributed by atoms with E-state index in [2.05, 4.69) is 34.6 Å². The molecular formula is C16H14N4. The number of fused-ring (bicyclic) bond motifs is 2. The van der Waals surface area contributed by atoms with E-state index in [1.54, 1.807) is 0 Å². The van der Waals surface area contributed by atoms with Gasteiger partial charge in [-0.25, -0.2) is 0 Å². The van der Waals surface area contributed by atoms with Crippen molar-refractivity contribution in [3.63, 3.8) is 0 Å². The van der Waals surface area contributed by atoms with Crippen molar-refractivity contribution in [3.8, 4) is 0 Å². The maximum absolute atomic E-state index is 4.57. The summed E-state index contributed by atoms with van der Waals surface area (Å²) in [6.45, 7) is 1.64. The minimum absolute atomic E-state index is 0.820. The maximum Gasteiger partial charge on any atom is 0.0923 e. The quantitative estimate of drug-likeness (QED) is 0.569. The predicted molar refractivity (Wildman–Crippen MR) is 79.5 cm³/mol. The Kier molecular flexibility index (Phi) is 2.52. The summed E-state index contributed by atoms with van der Waals surface area (Å²) in [7, 11) is 0. The molecule has 0 amide bonds. The first kappa shape index (κ1) is 11.2. The van der Waals surface area contributed by atoms with Gasteiger partial charge in [0.25, 0.3) is 0 Å². The van der Waals surface area contributed by atoms with Crippen LogP contribution < -0.4 is 0 Å². The highest BCUT2D eigenvalue weighted by molar-refractivity contribution is 5.78. The van der Waals surface area contributed by atoms with E-state index in [9.17, 15) is 0 Å². The summed E-state index contributed by atoms with van der Waals surface area (Å²) in [4.78, 5) is 0. The molecule has 0 unspecified atom stereocenters. The van der Waals surface area contributed by atoms with Gasteiger partial charge in [0, 0.05) is 17.0 Å². The monoisotopic (exact) mass is 262 g/mol. The summed E-state index contributed by atoms with van der Waals surface area (Å²) in [5.74, 6) is 0. The van der Waals surface area contributed by atoms with Crippen molar-refractivity contribution in [3.05, 3.63) is 60.9 Å². The van der Waals surface area contributed by atoms with E-state index in [4.69, 9.17) is 0 Å². The molecule has 20 heavy (non-hydrogen) atoms. The summed E-state index contributed by atoms with van der Waals surface area (Å²) < 4.78 is 4.02. The second-order valence-electron chi connectivity index (χ2n) is 4.88. The average molecular weight is 262 g/mol. The molecule has 0 spiro atoms. The minimum atomic E-state index is 0.820. The molecule has 0 saturated carbocycles. The Morgan fingerprint density at radius 3 is 2.55 bits per heavy atom. The highest BCUT2D eigenvalue weighted by Crippen LogP contribution is 2.14. The topological polar surface area (TPSA) is 35.6 Å². The first-order valence-electron chi connectivity index (χ1n) is 6.73. The van der Waals surface area contributed by atoms with Crippen molar-refractivity contribution in [2.24, 2.45) is 0 Å². The summed E-state index contributed by atoms with van der Waals surface area (Å²) in [5, 5.41) is 11.4. The molecule has 98 valence electrons. The van der Waals surface area contributed by atoms with Crippen molar-refractivity contribution >= 4 is 21.8 Å². The maximum atomic E-state index is 4.57. The number of para-hydroxylation sites is 1. The zero-order valence-electron chi connectivity index (χ0n) is 11.0. The van der Waals surface area contributed by atoms with Crippen LogP contribution in [0, 0.1) is 0 Å². The average Bonchev–Trinajstić information content (AvgIpc) is 3.08. The van der Waals surface area contributed by atoms with Crippen LogP contribution in [0.3, 0.4) is 0 Å². The Balaban J connectivity index is 1.60. The second kappa shape index (κ2) is 4.49. The van der Waals surface area contributed by atoms with Gasteiger partial charge in [0.1, 0.15) is 0 Å². The third-order valence-corrected chi connectivity index (χ3v) is 3.55. The molecule has 0 aliphatic rings. The van der Waals surface area contributed by atoms with E-state index in [0.29, 0.717) is 0 Å². The van der Waals surface area contributed by atoms with E-state index in [1.807, 2.05) is 45.9 Å². The molecule has 4 nitrogen and oxygen atoms in total. The van der Waals surface area contributed by atoms with Crippen LogP contribution in [0.15, 0.2) is 60.9 Å². The summed E-state index contributed by atoms with van der Waals surface area (Å²) in [6.07, 6.45) is 4.00. The molecule has 2 aromatic heterocycles. The second-order valence-corrected chi connectivity index (χ2v) is 4.88. The molecule has 0 bridgehead atoms. The summed E-state index contributed by atoms with van der Waals surface area (Å²) in [6, 6.07) is 16.4. The molecule has 0 saturated heterocycles. The third kappa shape index (κ3) is 1.86. The lowest BCUT2D eigenvalue weighted by Crippen LogP contribution is -2.08. The largest absolute Gasteiger partial charge is 0.270 e. The van der Waals surface area contributed by atoms with E-state index < -0.39 is 0 Å². The number of aromatic nitrogens is 4. The lowest BCUT2D eigenvalue weighted by Gasteiger charge is -2.03. The first-order chi connectivity index (χ1) is 9.90. The normalized spacial score (nSPS) is 11.4. The fraction of sp³-hybridized carbons (Fsp3) is 0.125. The minimum Gasteiger partial charge on any atom is -0.270 e. The number of benzene rings is 2. The standard InChI is InChI=1S/C16H14N4/c1-3-7-15-14(6-1)12-19(18-15)9-10-20-16-8-4-2-5-13(16)11-17-20/h1-8,11-12H,9-10H2. The Morgan fingerprint density at radius 2 is 1.65 bits per heavy atom. The van der Waals surface area contributed by atoms with Crippen LogP contribution in [0.4, 0.5) is 0 Å². The van der Waals surface area contributed by atoms with Crippen LogP contribution >= 0.6 is 0 Å². The molecule has 4 heteroatoms. The molecule has 2 heterocycles. The van der Waals surface area contributed by atoms with Gasteiger partial charge >= 0.3 is 0 Å². The van der Waals surface area contributed by atoms with Crippen molar-refractivity contribution in [1.29, 1.82) is 0 Å². The molecule has 4 aromatic rings. The van der Waals surface area contributed by atoms with Gasteiger partial charge in [-0.3, -0.25) is 9.36 Å². The summed E-state index contributed by atoms with van der Waals surface area (Å²) in [5.41, 5.74) is 2.21. The van der Waals surface area contributed by atoms with Gasteiger partial charge in [-0.15, -0.1) is 0 Å². The predicted octanol–water partition coefficient (Wildman–Crippen LogP) is 3.09. The molecule has 0 radical (unpaired) electrons. The number of aryl methyl sites for hydroxylation is 2. The van der Waals surface area contributed by atoms with Gasteiger partial charge in [0.05, 0.1) is 30.3 Å². The Labute approximate surface area is 116 Å². The van der Waals surface area contributed by atoms with E-state index in [-0.39, 0.29) is 0 Å². The SMILES string of the molecule is c1ccc2nn(CCn3ncc4ccccc43)cc2c1. The molecular weight excluding hydrogens is 248 g/mol. The molecule has 0 fully saturated rings. The van der Waals surface area contributed by atoms with Gasteiger partial charge < -0.3 is 0 Å². The van der Waals surface area contributed by atoms with Crippen LogP contribution in [-0.2, 0) is 13.1 Å². The fourth-order valence-corrected chi connectivity index (χ4v) is 2.53.